The minimum Gasteiger partial charge on any atom is -0.400 e. The first kappa shape index (κ1) is 13.8. The average Bonchev–Trinajstić information content (AvgIpc) is 2.99. The Bertz CT molecular complexity index is 630. The van der Waals surface area contributed by atoms with Gasteiger partial charge in [0.15, 0.2) is 5.41 Å². The van der Waals surface area contributed by atoms with E-state index in [2.05, 4.69) is 0 Å². The van der Waals surface area contributed by atoms with Crippen LogP contribution < -0.4 is 5.73 Å². The quantitative estimate of drug-likeness (QED) is 0.733. The van der Waals surface area contributed by atoms with E-state index in [1.165, 1.54) is 0 Å². The Kier molecular flexibility index (Phi) is 3.08. The van der Waals surface area contributed by atoms with Gasteiger partial charge < -0.3 is 5.73 Å². The highest BCUT2D eigenvalue weighted by atomic mass is 16.1. The highest BCUT2D eigenvalue weighted by molar-refractivity contribution is 5.87. The van der Waals surface area contributed by atoms with E-state index in [9.17, 15) is 25.4 Å². The summed E-state index contributed by atoms with van der Waals surface area (Å²) < 4.78 is 0. The summed E-state index contributed by atoms with van der Waals surface area (Å²) in [6, 6.07) is 5.64. The second-order valence-electron chi connectivity index (χ2n) is 5.19. The fraction of sp³-hybridized carbons (Fsp3) is 0.500. The number of nitriles is 3. The van der Waals surface area contributed by atoms with Gasteiger partial charge in [0.1, 0.15) is 17.5 Å². The number of allylic oxidation sites excluding steroid dienone is 2. The van der Waals surface area contributed by atoms with E-state index in [0.717, 1.165) is 0 Å². The first-order chi connectivity index (χ1) is 9.52. The zero-order valence-corrected chi connectivity index (χ0v) is 10.7. The Balaban J connectivity index is 2.75. The summed E-state index contributed by atoms with van der Waals surface area (Å²) in [5.74, 6) is -0.958. The van der Waals surface area contributed by atoms with Crippen molar-refractivity contribution in [2.75, 3.05) is 0 Å². The molecule has 100 valence electrons. The summed E-state index contributed by atoms with van der Waals surface area (Å²) in [5.41, 5.74) is 2.43. The molecule has 0 spiro atoms. The second kappa shape index (κ2) is 4.47. The van der Waals surface area contributed by atoms with Gasteiger partial charge in [0, 0.05) is 30.0 Å². The molecule has 1 fully saturated rings. The molecule has 0 aromatic rings. The van der Waals surface area contributed by atoms with Gasteiger partial charge in [-0.15, -0.1) is 0 Å². The topological polar surface area (TPSA) is 132 Å². The van der Waals surface area contributed by atoms with Crippen molar-refractivity contribution in [3.8, 4) is 18.2 Å². The van der Waals surface area contributed by atoms with Crippen molar-refractivity contribution in [1.82, 2.24) is 0 Å². The molecule has 0 unspecified atom stereocenters. The van der Waals surface area contributed by atoms with Crippen molar-refractivity contribution in [3.05, 3.63) is 11.3 Å². The molecule has 2 N–H and O–H groups in total. The molecule has 0 heterocycles. The fourth-order valence-electron chi connectivity index (χ4n) is 3.38. The second-order valence-corrected chi connectivity index (χ2v) is 5.19. The number of nitrogens with zero attached hydrogens (tertiary/aromatic N) is 3. The molecule has 6 heteroatoms. The van der Waals surface area contributed by atoms with Gasteiger partial charge in [0.05, 0.1) is 18.2 Å². The van der Waals surface area contributed by atoms with Crippen LogP contribution in [0.1, 0.15) is 25.7 Å². The van der Waals surface area contributed by atoms with Crippen LogP contribution in [0.5, 0.6) is 0 Å². The van der Waals surface area contributed by atoms with Crippen LogP contribution in [-0.2, 0) is 9.59 Å². The van der Waals surface area contributed by atoms with Crippen LogP contribution in [0.25, 0.3) is 0 Å². The fourth-order valence-corrected chi connectivity index (χ4v) is 3.38. The van der Waals surface area contributed by atoms with Crippen LogP contribution in [0.15, 0.2) is 11.3 Å². The predicted molar refractivity (Wildman–Crippen MR) is 65.9 cm³/mol. The van der Waals surface area contributed by atoms with Crippen molar-refractivity contribution < 1.29 is 9.59 Å². The Labute approximate surface area is 116 Å². The highest BCUT2D eigenvalue weighted by Crippen LogP contribution is 2.59. The summed E-state index contributed by atoms with van der Waals surface area (Å²) in [7, 11) is 0. The van der Waals surface area contributed by atoms with Crippen LogP contribution in [0.4, 0.5) is 0 Å². The van der Waals surface area contributed by atoms with E-state index < -0.39 is 16.7 Å². The largest absolute Gasteiger partial charge is 0.400 e. The van der Waals surface area contributed by atoms with E-state index in [4.69, 9.17) is 5.73 Å². The van der Waals surface area contributed by atoms with Crippen LogP contribution in [0.2, 0.25) is 0 Å². The van der Waals surface area contributed by atoms with Crippen molar-refractivity contribution in [2.45, 2.75) is 25.7 Å². The van der Waals surface area contributed by atoms with E-state index in [1.807, 2.05) is 18.2 Å². The van der Waals surface area contributed by atoms with Gasteiger partial charge in [-0.05, 0) is 12.8 Å². The molecule has 2 rings (SSSR count). The molecule has 1 saturated carbocycles. The van der Waals surface area contributed by atoms with Crippen molar-refractivity contribution in [2.24, 2.45) is 22.5 Å². The lowest BCUT2D eigenvalue weighted by Crippen LogP contribution is -2.46. The number of aldehydes is 1. The number of nitrogens with two attached hydrogens (primary N) is 1. The smallest absolute Gasteiger partial charge is 0.172 e. The molecule has 0 bridgehead atoms. The molecule has 6 nitrogen and oxygen atoms in total. The molecule has 0 radical (unpaired) electrons. The number of Topliss-reactive ketones (excluding diaryl/α,β-unsaturated/α-hetero) is 1. The lowest BCUT2D eigenvalue weighted by Gasteiger charge is -2.36. The number of carbonyl (C=O) groups excluding carboxylic acids is 2. The maximum Gasteiger partial charge on any atom is 0.172 e. The maximum atomic E-state index is 12.0. The lowest BCUT2D eigenvalue weighted by atomic mass is 9.59. The van der Waals surface area contributed by atoms with Crippen LogP contribution >= 0.6 is 0 Å². The molecule has 0 aromatic carbocycles. The van der Waals surface area contributed by atoms with Gasteiger partial charge >= 0.3 is 0 Å². The molecule has 2 aliphatic rings. The molecule has 20 heavy (non-hydrogen) atoms. The Hall–Kier alpha value is -2.65. The summed E-state index contributed by atoms with van der Waals surface area (Å²) in [4.78, 5) is 23.1. The minimum atomic E-state index is -1.77. The van der Waals surface area contributed by atoms with E-state index in [-0.39, 0.29) is 23.5 Å². The zero-order chi connectivity index (χ0) is 15.0. The van der Waals surface area contributed by atoms with Crippen LogP contribution in [0.3, 0.4) is 0 Å². The van der Waals surface area contributed by atoms with Crippen LogP contribution in [-0.4, -0.2) is 12.1 Å². The Morgan fingerprint density at radius 2 is 1.90 bits per heavy atom. The third kappa shape index (κ3) is 1.35. The number of hydrogen-bond donors (Lipinski definition) is 1. The third-order valence-corrected chi connectivity index (χ3v) is 4.43. The molecule has 0 saturated heterocycles. The third-order valence-electron chi connectivity index (χ3n) is 4.43. The van der Waals surface area contributed by atoms with Gasteiger partial charge in [-0.25, -0.2) is 0 Å². The Morgan fingerprint density at radius 3 is 2.30 bits per heavy atom. The van der Waals surface area contributed by atoms with Gasteiger partial charge in [-0.3, -0.25) is 9.59 Å². The number of hydrogen-bond acceptors (Lipinski definition) is 6. The molecule has 2 atom stereocenters. The molecule has 2 aliphatic carbocycles. The van der Waals surface area contributed by atoms with Crippen molar-refractivity contribution in [1.29, 1.82) is 15.8 Å². The summed E-state index contributed by atoms with van der Waals surface area (Å²) in [6.07, 6.45) is 1.59. The maximum absolute atomic E-state index is 12.0. The lowest BCUT2D eigenvalue weighted by molar-refractivity contribution is -0.123. The molecular formula is C14H12N4O2. The first-order valence-electron chi connectivity index (χ1n) is 6.23. The first-order valence-corrected chi connectivity index (χ1v) is 6.23. The molecule has 0 aliphatic heterocycles. The van der Waals surface area contributed by atoms with E-state index >= 15 is 0 Å². The normalized spacial score (nSPS) is 31.4. The predicted octanol–water partition coefficient (Wildman–Crippen LogP) is 0.715. The minimum absolute atomic E-state index is 0.0781. The van der Waals surface area contributed by atoms with E-state index in [1.54, 1.807) is 0 Å². The van der Waals surface area contributed by atoms with Crippen molar-refractivity contribution >= 4 is 12.1 Å². The number of rotatable bonds is 2. The monoisotopic (exact) mass is 268 g/mol. The molecule has 0 amide bonds. The van der Waals surface area contributed by atoms with E-state index in [0.29, 0.717) is 25.5 Å². The zero-order valence-electron chi connectivity index (χ0n) is 10.7. The highest BCUT2D eigenvalue weighted by Gasteiger charge is 2.66. The van der Waals surface area contributed by atoms with Gasteiger partial charge in [0.2, 0.25) is 0 Å². The molecular weight excluding hydrogens is 256 g/mol. The van der Waals surface area contributed by atoms with Crippen molar-refractivity contribution in [3.63, 3.8) is 0 Å². The van der Waals surface area contributed by atoms with Gasteiger partial charge in [-0.1, -0.05) is 0 Å². The number of ketones is 1. The SMILES string of the molecule is N#CC1(C#N)CC(C=O)=C(N)[C@@]1(C#N)[C@H]1CCCC1=O. The summed E-state index contributed by atoms with van der Waals surface area (Å²) in [5, 5.41) is 28.5. The Morgan fingerprint density at radius 1 is 1.25 bits per heavy atom. The summed E-state index contributed by atoms with van der Waals surface area (Å²) >= 11 is 0. The van der Waals surface area contributed by atoms with Gasteiger partial charge in [0.25, 0.3) is 0 Å². The summed E-state index contributed by atoms with van der Waals surface area (Å²) in [6.45, 7) is 0. The molecule has 0 aromatic heterocycles. The van der Waals surface area contributed by atoms with Gasteiger partial charge in [-0.2, -0.15) is 15.8 Å². The number of carbonyl (C=O) groups is 2. The average molecular weight is 268 g/mol. The van der Waals surface area contributed by atoms with Crippen LogP contribution in [0, 0.1) is 50.7 Å². The standard InChI is InChI=1S/C14H12N4O2/c15-6-13(7-16)4-9(5-19)12(18)14(13,8-17)10-2-1-3-11(10)20/h5,10H,1-4,18H2/t10-,14+/m0/s1.